The quantitative estimate of drug-likeness (QED) is 0.807. The van der Waals surface area contributed by atoms with Crippen LogP contribution in [0.4, 0.5) is 22.2 Å². The molecule has 162 valence electrons. The van der Waals surface area contributed by atoms with Gasteiger partial charge in [-0.2, -0.15) is 0 Å². The zero-order valence-corrected chi connectivity index (χ0v) is 17.7. The molecule has 3 aliphatic heterocycles. The minimum atomic E-state index is -0.424. The third-order valence-electron chi connectivity index (χ3n) is 6.36. The molecule has 2 atom stereocenters. The predicted molar refractivity (Wildman–Crippen MR) is 116 cm³/mol. The highest BCUT2D eigenvalue weighted by atomic mass is 16.6. The van der Waals surface area contributed by atoms with Crippen LogP contribution in [0.2, 0.25) is 0 Å². The van der Waals surface area contributed by atoms with Crippen molar-refractivity contribution in [2.45, 2.75) is 51.9 Å². The summed E-state index contributed by atoms with van der Waals surface area (Å²) in [7, 11) is 0. The number of pyridine rings is 2. The van der Waals surface area contributed by atoms with E-state index < -0.39 is 6.09 Å². The van der Waals surface area contributed by atoms with Crippen molar-refractivity contribution in [2.75, 3.05) is 27.9 Å². The molecule has 2 aromatic rings. The number of ether oxygens (including phenoxy) is 1. The lowest BCUT2D eigenvalue weighted by Gasteiger charge is -2.23. The first kappa shape index (κ1) is 19.7. The van der Waals surface area contributed by atoms with Gasteiger partial charge in [0, 0.05) is 24.7 Å². The molecule has 0 bridgehead atoms. The maximum atomic E-state index is 13.4. The van der Waals surface area contributed by atoms with Crippen LogP contribution in [-0.4, -0.2) is 47.2 Å². The number of hydrogen-bond donors (Lipinski definition) is 1. The molecule has 2 amide bonds. The summed E-state index contributed by atoms with van der Waals surface area (Å²) in [4.78, 5) is 40.2. The Balaban J connectivity index is 1.49. The highest BCUT2D eigenvalue weighted by Crippen LogP contribution is 2.34. The number of aromatic nitrogens is 2. The van der Waals surface area contributed by atoms with Crippen LogP contribution in [0, 0.1) is 0 Å². The molecule has 2 saturated heterocycles. The van der Waals surface area contributed by atoms with Gasteiger partial charge in [0.2, 0.25) is 0 Å². The lowest BCUT2D eigenvalue weighted by Crippen LogP contribution is -2.32. The summed E-state index contributed by atoms with van der Waals surface area (Å²) in [5.41, 5.74) is 8.23. The SMILES string of the molecule is C[C@H]1CCCN1c1cc2c(c(CN)n1)CN(c1cccc(N3C(=O)OC[C@@H]3C)n1)C2=O. The van der Waals surface area contributed by atoms with Gasteiger partial charge < -0.3 is 15.4 Å². The van der Waals surface area contributed by atoms with Crippen molar-refractivity contribution >= 4 is 29.5 Å². The topological polar surface area (TPSA) is 105 Å². The second-order valence-corrected chi connectivity index (χ2v) is 8.38. The van der Waals surface area contributed by atoms with E-state index in [2.05, 4.69) is 16.8 Å². The number of nitrogens with two attached hydrogens (primary N) is 1. The number of fused-ring (bicyclic) bond motifs is 1. The van der Waals surface area contributed by atoms with E-state index >= 15 is 0 Å². The molecule has 9 heteroatoms. The van der Waals surface area contributed by atoms with Gasteiger partial charge in [-0.3, -0.25) is 14.6 Å². The van der Waals surface area contributed by atoms with Crippen molar-refractivity contribution in [2.24, 2.45) is 5.73 Å². The molecule has 0 aliphatic carbocycles. The van der Waals surface area contributed by atoms with Gasteiger partial charge in [0.15, 0.2) is 0 Å². The van der Waals surface area contributed by atoms with Crippen molar-refractivity contribution in [3.8, 4) is 0 Å². The van der Waals surface area contributed by atoms with Crippen molar-refractivity contribution in [1.82, 2.24) is 9.97 Å². The first-order chi connectivity index (χ1) is 15.0. The van der Waals surface area contributed by atoms with E-state index in [9.17, 15) is 9.59 Å². The molecule has 2 fully saturated rings. The fraction of sp³-hybridized carbons (Fsp3) is 0.455. The Kier molecular flexibility index (Phi) is 4.77. The number of rotatable bonds is 4. The zero-order chi connectivity index (χ0) is 21.7. The fourth-order valence-corrected chi connectivity index (χ4v) is 4.66. The Morgan fingerprint density at radius 2 is 1.94 bits per heavy atom. The Bertz CT molecular complexity index is 1060. The van der Waals surface area contributed by atoms with Crippen LogP contribution < -0.4 is 20.4 Å². The molecule has 0 aromatic carbocycles. The molecular weight excluding hydrogens is 396 g/mol. The Labute approximate surface area is 180 Å². The number of hydrogen-bond acceptors (Lipinski definition) is 7. The molecule has 2 aromatic heterocycles. The largest absolute Gasteiger partial charge is 0.447 e. The standard InChI is InChI=1S/C22H26N6O3/c1-13-5-4-8-26(13)20-9-15-16(17(10-23)24-20)11-27(21(15)29)18-6-3-7-19(25-18)28-14(2)12-31-22(28)30/h3,6-7,9,13-14H,4-5,8,10-12,23H2,1-2H3/t13-,14-/m0/s1. The third-order valence-corrected chi connectivity index (χ3v) is 6.36. The monoisotopic (exact) mass is 422 g/mol. The van der Waals surface area contributed by atoms with Crippen LogP contribution in [0.1, 0.15) is 48.3 Å². The van der Waals surface area contributed by atoms with E-state index in [1.807, 2.05) is 13.0 Å². The summed E-state index contributed by atoms with van der Waals surface area (Å²) < 4.78 is 5.11. The molecule has 0 radical (unpaired) electrons. The van der Waals surface area contributed by atoms with Crippen LogP contribution in [0.25, 0.3) is 0 Å². The summed E-state index contributed by atoms with van der Waals surface area (Å²) in [5.74, 6) is 1.65. The van der Waals surface area contributed by atoms with Crippen LogP contribution >= 0.6 is 0 Å². The molecule has 0 spiro atoms. The molecule has 5 rings (SSSR count). The Morgan fingerprint density at radius 1 is 1.13 bits per heavy atom. The average Bonchev–Trinajstić information content (AvgIpc) is 3.45. The maximum Gasteiger partial charge on any atom is 0.415 e. The van der Waals surface area contributed by atoms with Crippen LogP contribution in [0.15, 0.2) is 24.3 Å². The van der Waals surface area contributed by atoms with Crippen LogP contribution in [0.5, 0.6) is 0 Å². The van der Waals surface area contributed by atoms with Gasteiger partial charge >= 0.3 is 6.09 Å². The molecule has 31 heavy (non-hydrogen) atoms. The van der Waals surface area contributed by atoms with Crippen molar-refractivity contribution < 1.29 is 14.3 Å². The van der Waals surface area contributed by atoms with Crippen molar-refractivity contribution in [1.29, 1.82) is 0 Å². The summed E-state index contributed by atoms with van der Waals surface area (Å²) in [6.45, 7) is 5.96. The number of carbonyl (C=O) groups excluding carboxylic acids is 2. The summed E-state index contributed by atoms with van der Waals surface area (Å²) >= 11 is 0. The zero-order valence-electron chi connectivity index (χ0n) is 17.7. The van der Waals surface area contributed by atoms with E-state index in [4.69, 9.17) is 15.5 Å². The minimum Gasteiger partial charge on any atom is -0.447 e. The van der Waals surface area contributed by atoms with Gasteiger partial charge in [0.25, 0.3) is 5.91 Å². The molecule has 0 unspecified atom stereocenters. The fourth-order valence-electron chi connectivity index (χ4n) is 4.66. The highest BCUT2D eigenvalue weighted by molar-refractivity contribution is 6.10. The first-order valence-corrected chi connectivity index (χ1v) is 10.7. The molecular formula is C22H26N6O3. The lowest BCUT2D eigenvalue weighted by atomic mass is 10.1. The lowest BCUT2D eigenvalue weighted by molar-refractivity contribution is 0.0996. The maximum absolute atomic E-state index is 13.4. The van der Waals surface area contributed by atoms with Gasteiger partial charge in [0.05, 0.1) is 23.8 Å². The van der Waals surface area contributed by atoms with E-state index in [-0.39, 0.29) is 18.5 Å². The number of amides is 2. The van der Waals surface area contributed by atoms with Crippen LogP contribution in [-0.2, 0) is 17.8 Å². The Morgan fingerprint density at radius 3 is 2.61 bits per heavy atom. The van der Waals surface area contributed by atoms with Gasteiger partial charge in [-0.25, -0.2) is 14.8 Å². The minimum absolute atomic E-state index is 0.111. The number of carbonyl (C=O) groups is 2. The Hall–Kier alpha value is -3.20. The second-order valence-electron chi connectivity index (χ2n) is 8.38. The summed E-state index contributed by atoms with van der Waals surface area (Å²) in [6.07, 6.45) is 1.81. The van der Waals surface area contributed by atoms with E-state index in [0.717, 1.165) is 36.5 Å². The summed E-state index contributed by atoms with van der Waals surface area (Å²) in [6, 6.07) is 7.50. The first-order valence-electron chi connectivity index (χ1n) is 10.7. The molecule has 9 nitrogen and oxygen atoms in total. The normalized spacial score (nSPS) is 23.0. The second kappa shape index (κ2) is 7.49. The van der Waals surface area contributed by atoms with Gasteiger partial charge in [-0.1, -0.05) is 6.07 Å². The average molecular weight is 422 g/mol. The van der Waals surface area contributed by atoms with Crippen molar-refractivity contribution in [3.05, 3.63) is 41.1 Å². The van der Waals surface area contributed by atoms with Crippen LogP contribution in [0.3, 0.4) is 0 Å². The van der Waals surface area contributed by atoms with Gasteiger partial charge in [-0.05, 0) is 44.9 Å². The van der Waals surface area contributed by atoms with E-state index in [0.29, 0.717) is 36.4 Å². The van der Waals surface area contributed by atoms with Gasteiger partial charge in [0.1, 0.15) is 24.1 Å². The van der Waals surface area contributed by atoms with E-state index in [1.54, 1.807) is 23.1 Å². The molecule has 0 saturated carbocycles. The van der Waals surface area contributed by atoms with Gasteiger partial charge in [-0.15, -0.1) is 0 Å². The highest BCUT2D eigenvalue weighted by Gasteiger charge is 2.36. The smallest absolute Gasteiger partial charge is 0.415 e. The molecule has 2 N–H and O–H groups in total. The number of cyclic esters (lactones) is 1. The van der Waals surface area contributed by atoms with E-state index in [1.165, 1.54) is 4.90 Å². The number of anilines is 3. The molecule has 5 heterocycles. The third kappa shape index (κ3) is 3.20. The molecule has 3 aliphatic rings. The summed E-state index contributed by atoms with van der Waals surface area (Å²) in [5, 5.41) is 0. The van der Waals surface area contributed by atoms with Crippen molar-refractivity contribution in [3.63, 3.8) is 0 Å². The number of nitrogens with zero attached hydrogens (tertiary/aromatic N) is 5. The predicted octanol–water partition coefficient (Wildman–Crippen LogP) is 2.43.